The summed E-state index contributed by atoms with van der Waals surface area (Å²) in [5, 5.41) is 3.73. The highest BCUT2D eigenvalue weighted by atomic mass is 35.5. The van der Waals surface area contributed by atoms with Gasteiger partial charge >= 0.3 is 0 Å². The lowest BCUT2D eigenvalue weighted by atomic mass is 10.2. The van der Waals surface area contributed by atoms with Crippen LogP contribution < -0.4 is 20.3 Å². The molecule has 8 nitrogen and oxygen atoms in total. The number of ether oxygens (including phenoxy) is 2. The number of carbonyl (C=O) groups is 1. The molecule has 0 saturated heterocycles. The Morgan fingerprint density at radius 3 is 2.58 bits per heavy atom. The fourth-order valence-electron chi connectivity index (χ4n) is 3.66. The van der Waals surface area contributed by atoms with Crippen LogP contribution in [-0.4, -0.2) is 34.9 Å². The van der Waals surface area contributed by atoms with Gasteiger partial charge in [-0.05, 0) is 49.2 Å². The molecule has 2 aromatic heterocycles. The first-order chi connectivity index (χ1) is 17.3. The molecule has 188 valence electrons. The van der Waals surface area contributed by atoms with E-state index in [-0.39, 0.29) is 18.0 Å². The van der Waals surface area contributed by atoms with Crippen molar-refractivity contribution in [2.45, 2.75) is 37.2 Å². The predicted octanol–water partition coefficient (Wildman–Crippen LogP) is 5.53. The number of aryl methyl sites for hydroxylation is 1. The van der Waals surface area contributed by atoms with Crippen molar-refractivity contribution in [1.82, 2.24) is 9.55 Å². The van der Waals surface area contributed by atoms with Gasteiger partial charge in [0.05, 0.1) is 43.2 Å². The van der Waals surface area contributed by atoms with Crippen molar-refractivity contribution in [3.63, 3.8) is 0 Å². The molecular weight excluding hydrogens is 502 g/mol. The van der Waals surface area contributed by atoms with E-state index in [1.807, 2.05) is 19.9 Å². The number of rotatable bonds is 9. The normalized spacial score (nSPS) is 11.9. The zero-order valence-corrected chi connectivity index (χ0v) is 21.9. The maximum Gasteiger partial charge on any atom is 0.262 e. The van der Waals surface area contributed by atoms with Crippen LogP contribution in [0.1, 0.15) is 24.7 Å². The van der Waals surface area contributed by atoms with Crippen LogP contribution in [0.5, 0.6) is 11.5 Å². The van der Waals surface area contributed by atoms with Crippen LogP contribution in [-0.2, 0) is 11.3 Å². The minimum absolute atomic E-state index is 0.164. The van der Waals surface area contributed by atoms with Gasteiger partial charge in [-0.2, -0.15) is 0 Å². The third-order valence-electron chi connectivity index (χ3n) is 5.67. The molecule has 0 aliphatic heterocycles. The summed E-state index contributed by atoms with van der Waals surface area (Å²) in [5.41, 5.74) is 1.69. The Balaban J connectivity index is 1.74. The Bertz CT molecular complexity index is 1450. The molecule has 0 radical (unpaired) electrons. The number of fused-ring (bicyclic) bond motifs is 1. The van der Waals surface area contributed by atoms with Crippen LogP contribution in [0.2, 0.25) is 5.02 Å². The second kappa shape index (κ2) is 11.1. The molecule has 0 spiro atoms. The number of hydrogen-bond acceptors (Lipinski definition) is 7. The lowest BCUT2D eigenvalue weighted by molar-refractivity contribution is -0.115. The van der Waals surface area contributed by atoms with Gasteiger partial charge in [-0.15, -0.1) is 0 Å². The van der Waals surface area contributed by atoms with E-state index in [2.05, 4.69) is 5.32 Å². The Labute approximate surface area is 217 Å². The fraction of sp³-hybridized carbons (Fsp3) is 0.269. The average molecular weight is 528 g/mol. The molecule has 4 aromatic rings. The topological polar surface area (TPSA) is 95.6 Å². The standard InChI is InChI=1S/C26H26ClN3O5S/c1-5-23(24(31)28-16-9-8-15(2)19(27)11-16)36-26-29-20-13-22(34-4)21(33-3)12-18(20)25(32)30(26)14-17-7-6-10-35-17/h6-13,23H,5,14H2,1-4H3,(H,28,31). The fourth-order valence-corrected chi connectivity index (χ4v) is 4.85. The van der Waals surface area contributed by atoms with E-state index < -0.39 is 5.25 Å². The second-order valence-corrected chi connectivity index (χ2v) is 9.63. The number of carbonyl (C=O) groups excluding carboxylic acids is 1. The lowest BCUT2D eigenvalue weighted by Crippen LogP contribution is -2.28. The summed E-state index contributed by atoms with van der Waals surface area (Å²) in [6, 6.07) is 12.2. The molecule has 0 aliphatic carbocycles. The van der Waals surface area contributed by atoms with E-state index >= 15 is 0 Å². The monoisotopic (exact) mass is 527 g/mol. The van der Waals surface area contributed by atoms with Gasteiger partial charge in [0, 0.05) is 16.8 Å². The van der Waals surface area contributed by atoms with Gasteiger partial charge in [0.2, 0.25) is 5.91 Å². The number of anilines is 1. The number of aromatic nitrogens is 2. The smallest absolute Gasteiger partial charge is 0.262 e. The van der Waals surface area contributed by atoms with Crippen LogP contribution >= 0.6 is 23.4 Å². The number of thioether (sulfide) groups is 1. The number of furan rings is 1. The molecular formula is C26H26ClN3O5S. The minimum atomic E-state index is -0.516. The maximum atomic E-state index is 13.6. The molecule has 0 aliphatic rings. The lowest BCUT2D eigenvalue weighted by Gasteiger charge is -2.18. The van der Waals surface area contributed by atoms with E-state index in [0.717, 1.165) is 5.56 Å². The highest BCUT2D eigenvalue weighted by molar-refractivity contribution is 8.00. The molecule has 1 amide bonds. The Morgan fingerprint density at radius 2 is 1.94 bits per heavy atom. The van der Waals surface area contributed by atoms with Crippen LogP contribution in [0.25, 0.3) is 10.9 Å². The van der Waals surface area contributed by atoms with E-state index in [4.69, 9.17) is 30.5 Å². The van der Waals surface area contributed by atoms with Crippen molar-refractivity contribution >= 4 is 45.9 Å². The average Bonchev–Trinajstić information content (AvgIpc) is 3.39. The van der Waals surface area contributed by atoms with Crippen molar-refractivity contribution in [1.29, 1.82) is 0 Å². The van der Waals surface area contributed by atoms with Gasteiger partial charge < -0.3 is 19.2 Å². The zero-order chi connectivity index (χ0) is 25.8. The van der Waals surface area contributed by atoms with Crippen molar-refractivity contribution in [2.75, 3.05) is 19.5 Å². The third-order valence-corrected chi connectivity index (χ3v) is 7.43. The SMILES string of the molecule is CCC(Sc1nc2cc(OC)c(OC)cc2c(=O)n1Cc1ccco1)C(=O)Nc1ccc(C)c(Cl)c1. The molecule has 0 bridgehead atoms. The van der Waals surface area contributed by atoms with Gasteiger partial charge in [0.1, 0.15) is 5.76 Å². The van der Waals surface area contributed by atoms with E-state index in [9.17, 15) is 9.59 Å². The molecule has 2 aromatic carbocycles. The van der Waals surface area contributed by atoms with E-state index in [1.165, 1.54) is 30.5 Å². The first-order valence-electron chi connectivity index (χ1n) is 11.3. The van der Waals surface area contributed by atoms with Crippen molar-refractivity contribution in [3.05, 3.63) is 75.4 Å². The number of halogens is 1. The molecule has 4 rings (SSSR count). The molecule has 1 unspecified atom stereocenters. The van der Waals surface area contributed by atoms with Gasteiger partial charge in [-0.3, -0.25) is 14.2 Å². The summed E-state index contributed by atoms with van der Waals surface area (Å²) in [5.74, 6) is 1.26. The van der Waals surface area contributed by atoms with Crippen molar-refractivity contribution in [2.24, 2.45) is 0 Å². The predicted molar refractivity (Wildman–Crippen MR) is 142 cm³/mol. The molecule has 0 fully saturated rings. The summed E-state index contributed by atoms with van der Waals surface area (Å²) in [6.45, 7) is 3.97. The molecule has 10 heteroatoms. The van der Waals surface area contributed by atoms with E-state index in [1.54, 1.807) is 42.7 Å². The van der Waals surface area contributed by atoms with Gasteiger partial charge in [-0.25, -0.2) is 4.98 Å². The molecule has 0 saturated carbocycles. The van der Waals surface area contributed by atoms with Gasteiger partial charge in [-0.1, -0.05) is 36.4 Å². The third kappa shape index (κ3) is 5.37. The number of benzene rings is 2. The Kier molecular flexibility index (Phi) is 7.91. The van der Waals surface area contributed by atoms with Crippen LogP contribution in [0.4, 0.5) is 5.69 Å². The quantitative estimate of drug-likeness (QED) is 0.226. The molecule has 1 atom stereocenters. The first kappa shape index (κ1) is 25.7. The number of nitrogens with one attached hydrogen (secondary N) is 1. The van der Waals surface area contributed by atoms with Crippen LogP contribution in [0.3, 0.4) is 0 Å². The molecule has 2 heterocycles. The summed E-state index contributed by atoms with van der Waals surface area (Å²) < 4.78 is 17.8. The molecule has 1 N–H and O–H groups in total. The summed E-state index contributed by atoms with van der Waals surface area (Å²) in [7, 11) is 3.03. The molecule has 36 heavy (non-hydrogen) atoms. The first-order valence-corrected chi connectivity index (χ1v) is 12.5. The Hall–Kier alpha value is -3.43. The number of methoxy groups -OCH3 is 2. The van der Waals surface area contributed by atoms with E-state index in [0.29, 0.717) is 50.4 Å². The van der Waals surface area contributed by atoms with Gasteiger partial charge in [0.15, 0.2) is 16.7 Å². The largest absolute Gasteiger partial charge is 0.493 e. The van der Waals surface area contributed by atoms with Crippen LogP contribution in [0, 0.1) is 6.92 Å². The second-order valence-electron chi connectivity index (χ2n) is 8.06. The number of hydrogen-bond donors (Lipinski definition) is 1. The van der Waals surface area contributed by atoms with Crippen molar-refractivity contribution in [3.8, 4) is 11.5 Å². The summed E-state index contributed by atoms with van der Waals surface area (Å²) in [6.07, 6.45) is 2.06. The highest BCUT2D eigenvalue weighted by Gasteiger charge is 2.23. The Morgan fingerprint density at radius 1 is 1.19 bits per heavy atom. The minimum Gasteiger partial charge on any atom is -0.493 e. The van der Waals surface area contributed by atoms with Crippen LogP contribution in [0.15, 0.2) is 63.1 Å². The van der Waals surface area contributed by atoms with Crippen molar-refractivity contribution < 1.29 is 18.7 Å². The van der Waals surface area contributed by atoms with Gasteiger partial charge in [0.25, 0.3) is 5.56 Å². The zero-order valence-electron chi connectivity index (χ0n) is 20.3. The maximum absolute atomic E-state index is 13.6. The summed E-state index contributed by atoms with van der Waals surface area (Å²) >= 11 is 7.43. The number of amides is 1. The summed E-state index contributed by atoms with van der Waals surface area (Å²) in [4.78, 5) is 31.5. The number of nitrogens with zero attached hydrogens (tertiary/aromatic N) is 2. The highest BCUT2D eigenvalue weighted by Crippen LogP contribution is 2.32.